The summed E-state index contributed by atoms with van der Waals surface area (Å²) in [6, 6.07) is 5.23. The van der Waals surface area contributed by atoms with E-state index in [0.29, 0.717) is 21.3 Å². The Morgan fingerprint density at radius 1 is 1.11 bits per heavy atom. The van der Waals surface area contributed by atoms with Crippen LogP contribution in [0.3, 0.4) is 0 Å². The minimum Gasteiger partial charge on any atom is -0.476 e. The summed E-state index contributed by atoms with van der Waals surface area (Å²) >= 11 is 12.1. The first-order chi connectivity index (χ1) is 13.4. The number of H-pyrrole nitrogens is 1. The Morgan fingerprint density at radius 2 is 1.75 bits per heavy atom. The molecule has 1 aromatic heterocycles. The number of rotatable bonds is 5. The number of carboxylic acids is 1. The number of benzene rings is 1. The third kappa shape index (κ3) is 3.25. The number of aromatic nitrogens is 2. The number of aromatic carboxylic acids is 1. The summed E-state index contributed by atoms with van der Waals surface area (Å²) in [5, 5.41) is 10.6. The van der Waals surface area contributed by atoms with Gasteiger partial charge in [-0.2, -0.15) is 0 Å². The number of carbonyl (C=O) groups is 1. The Kier molecular flexibility index (Phi) is 4.48. The van der Waals surface area contributed by atoms with Crippen LogP contribution in [-0.2, 0) is 6.42 Å². The average Bonchev–Trinajstić information content (AvgIpc) is 3.06. The molecule has 1 aromatic carbocycles. The van der Waals surface area contributed by atoms with E-state index in [1.807, 2.05) is 6.07 Å². The SMILES string of the molecule is O=C(O)c1nc(-c2ccc(Cl)c(Cl)c2)[nH]c1CCC12CC3CC(CC(C3)C1)C2. The number of aryl methyl sites for hydroxylation is 1. The molecule has 4 fully saturated rings. The average molecular weight is 419 g/mol. The Balaban J connectivity index is 1.40. The molecule has 28 heavy (non-hydrogen) atoms. The number of imidazole rings is 1. The zero-order chi connectivity index (χ0) is 19.5. The lowest BCUT2D eigenvalue weighted by Crippen LogP contribution is -2.46. The van der Waals surface area contributed by atoms with Crippen LogP contribution in [0.4, 0.5) is 0 Å². The molecule has 0 spiro atoms. The lowest BCUT2D eigenvalue weighted by atomic mass is 9.48. The second-order valence-electron chi connectivity index (χ2n) is 9.26. The molecule has 4 saturated carbocycles. The van der Waals surface area contributed by atoms with Gasteiger partial charge in [-0.3, -0.25) is 0 Å². The first-order valence-corrected chi connectivity index (χ1v) is 10.9. The molecule has 0 saturated heterocycles. The van der Waals surface area contributed by atoms with Crippen molar-refractivity contribution in [2.45, 2.75) is 51.4 Å². The largest absolute Gasteiger partial charge is 0.476 e. The van der Waals surface area contributed by atoms with E-state index in [2.05, 4.69) is 9.97 Å². The van der Waals surface area contributed by atoms with Gasteiger partial charge >= 0.3 is 5.97 Å². The second kappa shape index (κ2) is 6.77. The Morgan fingerprint density at radius 3 is 2.32 bits per heavy atom. The van der Waals surface area contributed by atoms with Gasteiger partial charge in [0.2, 0.25) is 0 Å². The van der Waals surface area contributed by atoms with Crippen molar-refractivity contribution in [3.05, 3.63) is 39.6 Å². The van der Waals surface area contributed by atoms with E-state index in [0.717, 1.165) is 41.9 Å². The molecule has 0 aliphatic heterocycles. The van der Waals surface area contributed by atoms with Gasteiger partial charge in [0.1, 0.15) is 5.82 Å². The highest BCUT2D eigenvalue weighted by atomic mass is 35.5. The maximum atomic E-state index is 11.8. The first kappa shape index (κ1) is 18.5. The minimum atomic E-state index is -0.983. The predicted octanol–water partition coefficient (Wildman–Crippen LogP) is 6.23. The lowest BCUT2D eigenvalue weighted by Gasteiger charge is -2.57. The zero-order valence-corrected chi connectivity index (χ0v) is 17.2. The van der Waals surface area contributed by atoms with Crippen molar-refractivity contribution in [2.24, 2.45) is 23.2 Å². The van der Waals surface area contributed by atoms with Crippen molar-refractivity contribution in [2.75, 3.05) is 0 Å². The molecule has 148 valence electrons. The molecule has 0 radical (unpaired) electrons. The number of halogens is 2. The van der Waals surface area contributed by atoms with Gasteiger partial charge in [-0.1, -0.05) is 23.2 Å². The van der Waals surface area contributed by atoms with Gasteiger partial charge in [-0.15, -0.1) is 0 Å². The second-order valence-corrected chi connectivity index (χ2v) is 10.1. The van der Waals surface area contributed by atoms with Crippen molar-refractivity contribution in [3.63, 3.8) is 0 Å². The van der Waals surface area contributed by atoms with Gasteiger partial charge in [0.25, 0.3) is 0 Å². The zero-order valence-electron chi connectivity index (χ0n) is 15.7. The maximum absolute atomic E-state index is 11.8. The number of carboxylic acid groups (broad SMARTS) is 1. The van der Waals surface area contributed by atoms with Crippen LogP contribution in [0.25, 0.3) is 11.4 Å². The molecule has 6 rings (SSSR count). The first-order valence-electron chi connectivity index (χ1n) is 10.2. The van der Waals surface area contributed by atoms with E-state index in [1.165, 1.54) is 38.5 Å². The van der Waals surface area contributed by atoms with Crippen molar-refractivity contribution in [3.8, 4) is 11.4 Å². The van der Waals surface area contributed by atoms with Crippen LogP contribution in [0.5, 0.6) is 0 Å². The summed E-state index contributed by atoms with van der Waals surface area (Å²) in [5.74, 6) is 2.26. The number of nitrogens with one attached hydrogen (secondary N) is 1. The van der Waals surface area contributed by atoms with Crippen LogP contribution in [-0.4, -0.2) is 21.0 Å². The summed E-state index contributed by atoms with van der Waals surface area (Å²) < 4.78 is 0. The van der Waals surface area contributed by atoms with Crippen LogP contribution in [0, 0.1) is 23.2 Å². The van der Waals surface area contributed by atoms with Crippen LogP contribution in [0.15, 0.2) is 18.2 Å². The summed E-state index contributed by atoms with van der Waals surface area (Å²) in [6.45, 7) is 0. The van der Waals surface area contributed by atoms with Crippen LogP contribution < -0.4 is 0 Å². The predicted molar refractivity (Wildman–Crippen MR) is 110 cm³/mol. The normalized spacial score (nSPS) is 30.7. The maximum Gasteiger partial charge on any atom is 0.356 e. The molecule has 0 amide bonds. The fraction of sp³-hybridized carbons (Fsp3) is 0.545. The van der Waals surface area contributed by atoms with Crippen molar-refractivity contribution >= 4 is 29.2 Å². The van der Waals surface area contributed by atoms with Crippen molar-refractivity contribution in [1.29, 1.82) is 0 Å². The third-order valence-corrected chi connectivity index (χ3v) is 7.98. The van der Waals surface area contributed by atoms with Gasteiger partial charge in [0.05, 0.1) is 10.0 Å². The molecule has 1 heterocycles. The highest BCUT2D eigenvalue weighted by Crippen LogP contribution is 2.61. The van der Waals surface area contributed by atoms with Gasteiger partial charge in [0.15, 0.2) is 5.69 Å². The molecule has 0 unspecified atom stereocenters. The molecule has 4 aliphatic rings. The molecule has 4 nitrogen and oxygen atoms in total. The number of aromatic amines is 1. The summed E-state index contributed by atoms with van der Waals surface area (Å²) in [4.78, 5) is 19.4. The van der Waals surface area contributed by atoms with Crippen molar-refractivity contribution < 1.29 is 9.90 Å². The number of nitrogens with zero attached hydrogens (tertiary/aromatic N) is 1. The van der Waals surface area contributed by atoms with Crippen LogP contribution in [0.1, 0.15) is 61.1 Å². The Labute approximate surface area is 174 Å². The summed E-state index contributed by atoms with van der Waals surface area (Å²) in [7, 11) is 0. The molecule has 4 bridgehead atoms. The highest BCUT2D eigenvalue weighted by molar-refractivity contribution is 6.42. The topological polar surface area (TPSA) is 66.0 Å². The third-order valence-electron chi connectivity index (χ3n) is 7.24. The standard InChI is InChI=1S/C22H24Cl2N2O2/c23-16-2-1-15(8-17(16)24)20-25-18(19(26-20)21(27)28)3-4-22-9-12-5-13(10-22)7-14(6-12)11-22/h1-2,8,12-14H,3-7,9-11H2,(H,25,26)(H,27,28). The molecular formula is C22H24Cl2N2O2. The van der Waals surface area contributed by atoms with Gasteiger partial charge in [-0.25, -0.2) is 9.78 Å². The van der Waals surface area contributed by atoms with Gasteiger partial charge in [-0.05, 0) is 92.7 Å². The minimum absolute atomic E-state index is 0.130. The summed E-state index contributed by atoms with van der Waals surface area (Å²) in [6.07, 6.45) is 10.0. The smallest absolute Gasteiger partial charge is 0.356 e. The number of hydrogen-bond acceptors (Lipinski definition) is 2. The lowest BCUT2D eigenvalue weighted by molar-refractivity contribution is -0.0571. The van der Waals surface area contributed by atoms with E-state index in [1.54, 1.807) is 12.1 Å². The number of hydrogen-bond donors (Lipinski definition) is 2. The van der Waals surface area contributed by atoms with Crippen LogP contribution in [0.2, 0.25) is 10.0 Å². The van der Waals surface area contributed by atoms with Gasteiger partial charge in [0, 0.05) is 11.3 Å². The molecule has 6 heteroatoms. The molecule has 0 atom stereocenters. The fourth-order valence-corrected chi connectivity index (χ4v) is 6.83. The van der Waals surface area contributed by atoms with E-state index in [9.17, 15) is 9.90 Å². The van der Waals surface area contributed by atoms with E-state index in [4.69, 9.17) is 23.2 Å². The fourth-order valence-electron chi connectivity index (χ4n) is 6.53. The summed E-state index contributed by atoms with van der Waals surface area (Å²) in [5.41, 5.74) is 2.02. The highest BCUT2D eigenvalue weighted by Gasteiger charge is 2.50. The molecule has 2 N–H and O–H groups in total. The van der Waals surface area contributed by atoms with Crippen molar-refractivity contribution in [1.82, 2.24) is 9.97 Å². The quantitative estimate of drug-likeness (QED) is 0.604. The molecule has 2 aromatic rings. The van der Waals surface area contributed by atoms with E-state index in [-0.39, 0.29) is 5.69 Å². The Hall–Kier alpha value is -1.52. The molecular weight excluding hydrogens is 395 g/mol. The van der Waals surface area contributed by atoms with E-state index >= 15 is 0 Å². The van der Waals surface area contributed by atoms with Crippen LogP contribution >= 0.6 is 23.2 Å². The van der Waals surface area contributed by atoms with Gasteiger partial charge < -0.3 is 10.1 Å². The molecule has 4 aliphatic carbocycles. The van der Waals surface area contributed by atoms with E-state index < -0.39 is 5.97 Å². The monoisotopic (exact) mass is 418 g/mol. The Bertz CT molecular complexity index is 901.